The molecule has 1 fully saturated rings. The zero-order chi connectivity index (χ0) is 15.8. The van der Waals surface area contributed by atoms with Gasteiger partial charge >= 0.3 is 0 Å². The molecule has 2 rings (SSSR count). The van der Waals surface area contributed by atoms with E-state index in [1.165, 1.54) is 25.7 Å². The molecule has 0 aliphatic carbocycles. The van der Waals surface area contributed by atoms with Gasteiger partial charge in [-0.05, 0) is 52.0 Å². The maximum absolute atomic E-state index is 12.2. The molecule has 122 valence electrons. The molecular formula is C17H28N4O. The first-order valence-electron chi connectivity index (χ1n) is 8.31. The number of nitrogens with zero attached hydrogens (tertiary/aromatic N) is 3. The lowest BCUT2D eigenvalue weighted by molar-refractivity contribution is 0.0947. The molecule has 5 heteroatoms. The molecule has 1 aromatic rings. The van der Waals surface area contributed by atoms with E-state index in [2.05, 4.69) is 20.1 Å². The first-order valence-corrected chi connectivity index (χ1v) is 8.31. The summed E-state index contributed by atoms with van der Waals surface area (Å²) in [5, 5.41) is 2.95. The summed E-state index contributed by atoms with van der Waals surface area (Å²) in [6.45, 7) is 3.82. The molecule has 0 saturated carbocycles. The second-order valence-electron chi connectivity index (χ2n) is 6.21. The van der Waals surface area contributed by atoms with Crippen LogP contribution in [0.25, 0.3) is 0 Å². The van der Waals surface area contributed by atoms with Gasteiger partial charge in [0.15, 0.2) is 0 Å². The normalized spacial score (nSPS) is 15.7. The molecule has 5 nitrogen and oxygen atoms in total. The summed E-state index contributed by atoms with van der Waals surface area (Å²) in [6.07, 6.45) is 7.77. The van der Waals surface area contributed by atoms with E-state index in [1.54, 1.807) is 6.20 Å². The topological polar surface area (TPSA) is 48.5 Å². The average Bonchev–Trinajstić information content (AvgIpc) is 2.80. The van der Waals surface area contributed by atoms with Crippen molar-refractivity contribution in [2.75, 3.05) is 45.2 Å². The Hall–Kier alpha value is -1.62. The Bertz CT molecular complexity index is 467. The van der Waals surface area contributed by atoms with E-state index in [4.69, 9.17) is 0 Å². The molecule has 1 aliphatic heterocycles. The number of amides is 1. The van der Waals surface area contributed by atoms with E-state index in [1.807, 2.05) is 26.2 Å². The Morgan fingerprint density at radius 1 is 1.27 bits per heavy atom. The van der Waals surface area contributed by atoms with Crippen LogP contribution in [0.5, 0.6) is 0 Å². The van der Waals surface area contributed by atoms with Gasteiger partial charge in [0.05, 0.1) is 0 Å². The fraction of sp³-hybridized carbons (Fsp3) is 0.647. The lowest BCUT2D eigenvalue weighted by atomic mass is 10.2. The van der Waals surface area contributed by atoms with Crippen LogP contribution in [-0.4, -0.2) is 56.1 Å². The Morgan fingerprint density at radius 3 is 2.68 bits per heavy atom. The number of rotatable bonds is 6. The summed E-state index contributed by atoms with van der Waals surface area (Å²) in [5.41, 5.74) is 1.64. The Balaban J connectivity index is 1.90. The van der Waals surface area contributed by atoms with Crippen molar-refractivity contribution in [1.29, 1.82) is 0 Å². The SMILES string of the molecule is CN(C)CCCNC(=O)c1cc(N2CCCCCC2)ccn1. The van der Waals surface area contributed by atoms with Crippen molar-refractivity contribution in [3.8, 4) is 0 Å². The van der Waals surface area contributed by atoms with E-state index in [0.717, 1.165) is 31.7 Å². The molecule has 1 saturated heterocycles. The number of nitrogens with one attached hydrogen (secondary N) is 1. The van der Waals surface area contributed by atoms with Crippen LogP contribution < -0.4 is 10.2 Å². The summed E-state index contributed by atoms with van der Waals surface area (Å²) >= 11 is 0. The summed E-state index contributed by atoms with van der Waals surface area (Å²) in [7, 11) is 4.07. The quantitative estimate of drug-likeness (QED) is 0.818. The van der Waals surface area contributed by atoms with Crippen molar-refractivity contribution in [1.82, 2.24) is 15.2 Å². The molecule has 1 N–H and O–H groups in total. The summed E-state index contributed by atoms with van der Waals surface area (Å²) in [6, 6.07) is 3.93. The first-order chi connectivity index (χ1) is 10.7. The minimum atomic E-state index is -0.0737. The molecule has 0 bridgehead atoms. The van der Waals surface area contributed by atoms with E-state index < -0.39 is 0 Å². The van der Waals surface area contributed by atoms with E-state index >= 15 is 0 Å². The van der Waals surface area contributed by atoms with Gasteiger partial charge in [-0.25, -0.2) is 0 Å². The largest absolute Gasteiger partial charge is 0.371 e. The molecule has 0 atom stereocenters. The highest BCUT2D eigenvalue weighted by molar-refractivity contribution is 5.93. The lowest BCUT2D eigenvalue weighted by Crippen LogP contribution is -2.28. The third kappa shape index (κ3) is 5.30. The molecular weight excluding hydrogens is 276 g/mol. The van der Waals surface area contributed by atoms with Crippen molar-refractivity contribution in [3.63, 3.8) is 0 Å². The molecule has 0 aromatic carbocycles. The maximum atomic E-state index is 12.2. The zero-order valence-corrected chi connectivity index (χ0v) is 13.8. The van der Waals surface area contributed by atoms with Gasteiger partial charge in [-0.15, -0.1) is 0 Å². The van der Waals surface area contributed by atoms with Gasteiger partial charge in [-0.1, -0.05) is 12.8 Å². The van der Waals surface area contributed by atoms with Crippen LogP contribution in [0.1, 0.15) is 42.6 Å². The minimum absolute atomic E-state index is 0.0737. The molecule has 0 unspecified atom stereocenters. The second-order valence-corrected chi connectivity index (χ2v) is 6.21. The van der Waals surface area contributed by atoms with Crippen molar-refractivity contribution < 1.29 is 4.79 Å². The summed E-state index contributed by atoms with van der Waals surface area (Å²) < 4.78 is 0. The third-order valence-corrected chi connectivity index (χ3v) is 4.02. The molecule has 2 heterocycles. The van der Waals surface area contributed by atoms with Gasteiger partial charge in [-0.2, -0.15) is 0 Å². The predicted molar refractivity (Wildman–Crippen MR) is 90.4 cm³/mol. The summed E-state index contributed by atoms with van der Waals surface area (Å²) in [5.74, 6) is -0.0737. The van der Waals surface area contributed by atoms with Crippen LogP contribution in [0.3, 0.4) is 0 Å². The van der Waals surface area contributed by atoms with Crippen molar-refractivity contribution in [2.45, 2.75) is 32.1 Å². The van der Waals surface area contributed by atoms with Gasteiger partial charge in [0, 0.05) is 31.5 Å². The number of hydrogen-bond donors (Lipinski definition) is 1. The standard InChI is InChI=1S/C17H28N4O/c1-20(2)11-7-9-19-17(22)16-14-15(8-10-18-16)21-12-5-3-4-6-13-21/h8,10,14H,3-7,9,11-13H2,1-2H3,(H,19,22). The number of anilines is 1. The van der Waals surface area contributed by atoms with Gasteiger partial charge in [0.1, 0.15) is 5.69 Å². The highest BCUT2D eigenvalue weighted by Crippen LogP contribution is 2.19. The molecule has 1 amide bonds. The van der Waals surface area contributed by atoms with Crippen molar-refractivity contribution in [2.24, 2.45) is 0 Å². The fourth-order valence-electron chi connectivity index (χ4n) is 2.76. The second kappa shape index (κ2) is 8.73. The van der Waals surface area contributed by atoms with E-state index in [9.17, 15) is 4.79 Å². The molecule has 0 spiro atoms. The average molecular weight is 304 g/mol. The van der Waals surface area contributed by atoms with Crippen LogP contribution in [0.4, 0.5) is 5.69 Å². The molecule has 0 radical (unpaired) electrons. The van der Waals surface area contributed by atoms with E-state index in [0.29, 0.717) is 12.2 Å². The molecule has 1 aliphatic rings. The van der Waals surface area contributed by atoms with Crippen LogP contribution in [0, 0.1) is 0 Å². The molecule has 1 aromatic heterocycles. The van der Waals surface area contributed by atoms with Gasteiger partial charge < -0.3 is 15.1 Å². The van der Waals surface area contributed by atoms with Crippen LogP contribution in [0.2, 0.25) is 0 Å². The van der Waals surface area contributed by atoms with Crippen LogP contribution in [0.15, 0.2) is 18.3 Å². The Morgan fingerprint density at radius 2 is 2.00 bits per heavy atom. The lowest BCUT2D eigenvalue weighted by Gasteiger charge is -2.22. The fourth-order valence-corrected chi connectivity index (χ4v) is 2.76. The van der Waals surface area contributed by atoms with Crippen LogP contribution >= 0.6 is 0 Å². The number of aromatic nitrogens is 1. The maximum Gasteiger partial charge on any atom is 0.269 e. The Labute approximate surface area is 133 Å². The number of carbonyl (C=O) groups excluding carboxylic acids is 1. The first kappa shape index (κ1) is 16.7. The monoisotopic (exact) mass is 304 g/mol. The zero-order valence-electron chi connectivity index (χ0n) is 13.8. The van der Waals surface area contributed by atoms with Crippen molar-refractivity contribution in [3.05, 3.63) is 24.0 Å². The highest BCUT2D eigenvalue weighted by atomic mass is 16.1. The predicted octanol–water partition coefficient (Wildman–Crippen LogP) is 2.14. The number of carbonyl (C=O) groups is 1. The van der Waals surface area contributed by atoms with Crippen LogP contribution in [-0.2, 0) is 0 Å². The van der Waals surface area contributed by atoms with Crippen molar-refractivity contribution >= 4 is 11.6 Å². The van der Waals surface area contributed by atoms with Gasteiger partial charge in [0.25, 0.3) is 5.91 Å². The minimum Gasteiger partial charge on any atom is -0.371 e. The van der Waals surface area contributed by atoms with Gasteiger partial charge in [-0.3, -0.25) is 9.78 Å². The number of hydrogen-bond acceptors (Lipinski definition) is 4. The van der Waals surface area contributed by atoms with Gasteiger partial charge in [0.2, 0.25) is 0 Å². The number of pyridine rings is 1. The Kier molecular flexibility index (Phi) is 6.65. The van der Waals surface area contributed by atoms with E-state index in [-0.39, 0.29) is 5.91 Å². The highest BCUT2D eigenvalue weighted by Gasteiger charge is 2.13. The third-order valence-electron chi connectivity index (χ3n) is 4.02. The smallest absolute Gasteiger partial charge is 0.269 e. The summed E-state index contributed by atoms with van der Waals surface area (Å²) in [4.78, 5) is 20.9. The molecule has 22 heavy (non-hydrogen) atoms.